The van der Waals surface area contributed by atoms with E-state index < -0.39 is 0 Å². The molecular formula is C13H22BrClN2S. The Morgan fingerprint density at radius 1 is 1.39 bits per heavy atom. The quantitative estimate of drug-likeness (QED) is 0.867. The lowest BCUT2D eigenvalue weighted by atomic mass is 9.97. The number of piperidine rings is 1. The van der Waals surface area contributed by atoms with Crippen LogP contribution in [0, 0.1) is 5.92 Å². The molecule has 0 amide bonds. The number of hydrogen-bond acceptors (Lipinski definition) is 3. The number of nitrogens with zero attached hydrogens (tertiary/aromatic N) is 1. The highest BCUT2D eigenvalue weighted by atomic mass is 79.9. The fraction of sp³-hybridized carbons (Fsp3) is 0.692. The van der Waals surface area contributed by atoms with Crippen molar-refractivity contribution < 1.29 is 0 Å². The second kappa shape index (κ2) is 8.54. The first-order valence-corrected chi connectivity index (χ1v) is 8.06. The third-order valence-corrected chi connectivity index (χ3v) is 5.01. The van der Waals surface area contributed by atoms with Crippen molar-refractivity contribution in [3.8, 4) is 0 Å². The molecule has 0 spiro atoms. The van der Waals surface area contributed by atoms with Crippen molar-refractivity contribution in [1.29, 1.82) is 0 Å². The number of hydrogen-bond donors (Lipinski definition) is 1. The molecule has 0 saturated carbocycles. The third kappa shape index (κ3) is 5.17. The van der Waals surface area contributed by atoms with E-state index in [0.29, 0.717) is 0 Å². The van der Waals surface area contributed by atoms with E-state index in [1.54, 1.807) is 0 Å². The van der Waals surface area contributed by atoms with Crippen LogP contribution in [-0.2, 0) is 6.54 Å². The van der Waals surface area contributed by atoms with E-state index in [9.17, 15) is 0 Å². The zero-order valence-corrected chi connectivity index (χ0v) is 14.0. The van der Waals surface area contributed by atoms with E-state index in [2.05, 4.69) is 45.2 Å². The molecule has 2 heterocycles. The van der Waals surface area contributed by atoms with Gasteiger partial charge < -0.3 is 5.32 Å². The summed E-state index contributed by atoms with van der Waals surface area (Å²) in [5.74, 6) is 0.890. The standard InChI is InChI=1S/C13H21BrN2S.ClH/c1-2-15-9-11-5-7-16(8-6-11)10-12-3-4-13(14)17-12;/h3-4,11,15H,2,5-10H2,1H3;1H. The van der Waals surface area contributed by atoms with Gasteiger partial charge in [-0.2, -0.15) is 0 Å². The first-order valence-electron chi connectivity index (χ1n) is 6.45. The highest BCUT2D eigenvalue weighted by Gasteiger charge is 2.18. The summed E-state index contributed by atoms with van der Waals surface area (Å²) in [6, 6.07) is 4.39. The van der Waals surface area contributed by atoms with Gasteiger partial charge in [-0.1, -0.05) is 6.92 Å². The maximum atomic E-state index is 3.53. The van der Waals surface area contributed by atoms with Gasteiger partial charge in [0.1, 0.15) is 0 Å². The van der Waals surface area contributed by atoms with Crippen LogP contribution in [0.2, 0.25) is 0 Å². The smallest absolute Gasteiger partial charge is 0.0701 e. The van der Waals surface area contributed by atoms with Crippen molar-refractivity contribution in [2.45, 2.75) is 26.3 Å². The molecule has 5 heteroatoms. The van der Waals surface area contributed by atoms with E-state index in [4.69, 9.17) is 0 Å². The van der Waals surface area contributed by atoms with Crippen molar-refractivity contribution in [3.63, 3.8) is 0 Å². The van der Waals surface area contributed by atoms with Crippen LogP contribution in [0.3, 0.4) is 0 Å². The van der Waals surface area contributed by atoms with Crippen LogP contribution < -0.4 is 5.32 Å². The van der Waals surface area contributed by atoms with Gasteiger partial charge in [0.25, 0.3) is 0 Å². The molecule has 0 bridgehead atoms. The largest absolute Gasteiger partial charge is 0.317 e. The molecule has 2 nitrogen and oxygen atoms in total. The molecule has 1 N–H and O–H groups in total. The van der Waals surface area contributed by atoms with Crippen LogP contribution in [0.25, 0.3) is 0 Å². The molecule has 2 rings (SSSR count). The predicted octanol–water partition coefficient (Wildman–Crippen LogP) is 3.75. The number of nitrogens with one attached hydrogen (secondary N) is 1. The fourth-order valence-corrected chi connectivity index (χ4v) is 3.88. The summed E-state index contributed by atoms with van der Waals surface area (Å²) in [6.07, 6.45) is 2.69. The molecular weight excluding hydrogens is 332 g/mol. The Bertz CT molecular complexity index is 337. The molecule has 1 saturated heterocycles. The minimum absolute atomic E-state index is 0. The van der Waals surface area contributed by atoms with Crippen LogP contribution in [0.1, 0.15) is 24.6 Å². The summed E-state index contributed by atoms with van der Waals surface area (Å²) >= 11 is 5.39. The van der Waals surface area contributed by atoms with Gasteiger partial charge >= 0.3 is 0 Å². The van der Waals surface area contributed by atoms with Crippen molar-refractivity contribution >= 4 is 39.7 Å². The topological polar surface area (TPSA) is 15.3 Å². The molecule has 1 aromatic rings. The number of thiophene rings is 1. The molecule has 0 unspecified atom stereocenters. The first-order chi connectivity index (χ1) is 8.28. The zero-order valence-electron chi connectivity index (χ0n) is 10.8. The average Bonchev–Trinajstić information content (AvgIpc) is 2.74. The Balaban J connectivity index is 0.00000162. The molecule has 0 aromatic carbocycles. The molecule has 1 fully saturated rings. The summed E-state index contributed by atoms with van der Waals surface area (Å²) in [5, 5.41) is 3.46. The summed E-state index contributed by atoms with van der Waals surface area (Å²) in [4.78, 5) is 4.06. The molecule has 0 radical (unpaired) electrons. The summed E-state index contributed by atoms with van der Waals surface area (Å²) in [6.45, 7) is 8.13. The summed E-state index contributed by atoms with van der Waals surface area (Å²) in [7, 11) is 0. The van der Waals surface area contributed by atoms with Crippen LogP contribution in [-0.4, -0.2) is 31.1 Å². The zero-order chi connectivity index (χ0) is 12.1. The monoisotopic (exact) mass is 352 g/mol. The second-order valence-corrected chi connectivity index (χ2v) is 7.28. The first kappa shape index (κ1) is 16.4. The predicted molar refractivity (Wildman–Crippen MR) is 85.8 cm³/mol. The van der Waals surface area contributed by atoms with E-state index >= 15 is 0 Å². The van der Waals surface area contributed by atoms with Gasteiger partial charge in [-0.05, 0) is 73.0 Å². The SMILES string of the molecule is CCNCC1CCN(Cc2ccc(Br)s2)CC1.Cl. The van der Waals surface area contributed by atoms with Gasteiger partial charge in [-0.3, -0.25) is 4.90 Å². The minimum atomic E-state index is 0. The average molecular weight is 354 g/mol. The van der Waals surface area contributed by atoms with Crippen LogP contribution in [0.4, 0.5) is 0 Å². The second-order valence-electron chi connectivity index (χ2n) is 4.73. The van der Waals surface area contributed by atoms with Crippen LogP contribution in [0.15, 0.2) is 15.9 Å². The molecule has 104 valence electrons. The third-order valence-electron chi connectivity index (χ3n) is 3.40. The Labute approximate surface area is 129 Å². The maximum Gasteiger partial charge on any atom is 0.0701 e. The Morgan fingerprint density at radius 2 is 2.11 bits per heavy atom. The Kier molecular flexibility index (Phi) is 7.80. The Hall–Kier alpha value is 0.390. The summed E-state index contributed by atoms with van der Waals surface area (Å²) in [5.41, 5.74) is 0. The van der Waals surface area contributed by atoms with Crippen molar-refractivity contribution in [1.82, 2.24) is 10.2 Å². The molecule has 0 aliphatic carbocycles. The normalized spacial score (nSPS) is 17.7. The number of halogens is 2. The highest BCUT2D eigenvalue weighted by Crippen LogP contribution is 2.25. The van der Waals surface area contributed by atoms with Gasteiger partial charge in [-0.15, -0.1) is 23.7 Å². The van der Waals surface area contributed by atoms with Gasteiger partial charge in [0.15, 0.2) is 0 Å². The van der Waals surface area contributed by atoms with Gasteiger partial charge in [0, 0.05) is 11.4 Å². The van der Waals surface area contributed by atoms with Gasteiger partial charge in [0.05, 0.1) is 3.79 Å². The number of rotatable bonds is 5. The van der Waals surface area contributed by atoms with E-state index in [0.717, 1.165) is 19.0 Å². The van der Waals surface area contributed by atoms with Crippen molar-refractivity contribution in [2.24, 2.45) is 5.92 Å². The van der Waals surface area contributed by atoms with Crippen molar-refractivity contribution in [3.05, 3.63) is 20.8 Å². The number of likely N-dealkylation sites (tertiary alicyclic amines) is 1. The minimum Gasteiger partial charge on any atom is -0.317 e. The molecule has 1 aromatic heterocycles. The Morgan fingerprint density at radius 3 is 2.67 bits per heavy atom. The lowest BCUT2D eigenvalue weighted by Gasteiger charge is -2.31. The lowest BCUT2D eigenvalue weighted by molar-refractivity contribution is 0.177. The van der Waals surface area contributed by atoms with Crippen molar-refractivity contribution in [2.75, 3.05) is 26.2 Å². The van der Waals surface area contributed by atoms with E-state index in [1.807, 2.05) is 11.3 Å². The van der Waals surface area contributed by atoms with Gasteiger partial charge in [0.2, 0.25) is 0 Å². The molecule has 18 heavy (non-hydrogen) atoms. The van der Waals surface area contributed by atoms with Crippen LogP contribution >= 0.6 is 39.7 Å². The van der Waals surface area contributed by atoms with E-state index in [-0.39, 0.29) is 12.4 Å². The molecule has 0 atom stereocenters. The fourth-order valence-electron chi connectivity index (χ4n) is 2.35. The maximum absolute atomic E-state index is 3.53. The molecule has 1 aliphatic heterocycles. The lowest BCUT2D eigenvalue weighted by Crippen LogP contribution is -2.36. The summed E-state index contributed by atoms with van der Waals surface area (Å²) < 4.78 is 1.24. The van der Waals surface area contributed by atoms with E-state index in [1.165, 1.54) is 41.1 Å². The highest BCUT2D eigenvalue weighted by molar-refractivity contribution is 9.11. The van der Waals surface area contributed by atoms with Gasteiger partial charge in [-0.25, -0.2) is 0 Å². The molecule has 1 aliphatic rings. The van der Waals surface area contributed by atoms with Crippen LogP contribution in [0.5, 0.6) is 0 Å².